The minimum atomic E-state index is -0.439. The van der Waals surface area contributed by atoms with Gasteiger partial charge < -0.3 is 10.4 Å². The predicted octanol–water partition coefficient (Wildman–Crippen LogP) is 3.00. The fourth-order valence-corrected chi connectivity index (χ4v) is 2.88. The number of rotatable bonds is 5. The summed E-state index contributed by atoms with van der Waals surface area (Å²) in [5.41, 5.74) is 5.30. The number of fused-ring (bicyclic) bond motifs is 1. The molecule has 0 spiro atoms. The average Bonchev–Trinajstić information content (AvgIpc) is 2.95. The normalized spacial score (nSPS) is 15.1. The summed E-state index contributed by atoms with van der Waals surface area (Å²) in [7, 11) is 0. The Morgan fingerprint density at radius 2 is 1.80 bits per heavy atom. The van der Waals surface area contributed by atoms with Gasteiger partial charge in [-0.25, -0.2) is 0 Å². The van der Waals surface area contributed by atoms with Gasteiger partial charge >= 0.3 is 0 Å². The molecule has 20 heavy (non-hydrogen) atoms. The smallest absolute Gasteiger partial charge is 0.0914 e. The van der Waals surface area contributed by atoms with Crippen LogP contribution in [0.5, 0.6) is 0 Å². The van der Waals surface area contributed by atoms with E-state index in [1.54, 1.807) is 0 Å². The van der Waals surface area contributed by atoms with Gasteiger partial charge in [0.15, 0.2) is 0 Å². The zero-order chi connectivity index (χ0) is 13.8. The van der Waals surface area contributed by atoms with Crippen LogP contribution in [0.4, 0.5) is 0 Å². The molecule has 0 heterocycles. The van der Waals surface area contributed by atoms with Gasteiger partial charge in [0.1, 0.15) is 0 Å². The van der Waals surface area contributed by atoms with Crippen molar-refractivity contribution in [1.82, 2.24) is 5.32 Å². The fraction of sp³-hybridized carbons (Fsp3) is 0.333. The standard InChI is InChI=1S/C18H21NO/c20-18(16-5-2-1-3-6-16)13-19-12-14-9-10-15-7-4-8-17(15)11-14/h1-3,5-6,9-11,18-20H,4,7-8,12-13H2. The van der Waals surface area contributed by atoms with Crippen LogP contribution in [0.15, 0.2) is 48.5 Å². The lowest BCUT2D eigenvalue weighted by Gasteiger charge is -2.12. The summed E-state index contributed by atoms with van der Waals surface area (Å²) < 4.78 is 0. The van der Waals surface area contributed by atoms with E-state index in [2.05, 4.69) is 23.5 Å². The van der Waals surface area contributed by atoms with Crippen molar-refractivity contribution in [3.05, 3.63) is 70.8 Å². The molecule has 0 fully saturated rings. The Bertz CT molecular complexity index is 565. The van der Waals surface area contributed by atoms with Gasteiger partial charge in [0, 0.05) is 13.1 Å². The molecule has 1 unspecified atom stereocenters. The van der Waals surface area contributed by atoms with E-state index in [1.807, 2.05) is 30.3 Å². The topological polar surface area (TPSA) is 32.3 Å². The van der Waals surface area contributed by atoms with Crippen LogP contribution in [-0.2, 0) is 19.4 Å². The first-order valence-electron chi connectivity index (χ1n) is 7.37. The number of hydrogen-bond donors (Lipinski definition) is 2. The van der Waals surface area contributed by atoms with Gasteiger partial charge in [-0.1, -0.05) is 48.5 Å². The summed E-state index contributed by atoms with van der Waals surface area (Å²) >= 11 is 0. The number of aliphatic hydroxyl groups is 1. The first-order chi connectivity index (χ1) is 9.83. The van der Waals surface area contributed by atoms with Crippen molar-refractivity contribution in [2.45, 2.75) is 31.9 Å². The third-order valence-corrected chi connectivity index (χ3v) is 4.01. The van der Waals surface area contributed by atoms with E-state index in [9.17, 15) is 5.11 Å². The highest BCUT2D eigenvalue weighted by Crippen LogP contribution is 2.22. The Morgan fingerprint density at radius 1 is 1.00 bits per heavy atom. The van der Waals surface area contributed by atoms with Crippen molar-refractivity contribution in [3.8, 4) is 0 Å². The minimum absolute atomic E-state index is 0.439. The fourth-order valence-electron chi connectivity index (χ4n) is 2.88. The molecule has 1 atom stereocenters. The van der Waals surface area contributed by atoms with E-state index >= 15 is 0 Å². The third kappa shape index (κ3) is 3.09. The molecular weight excluding hydrogens is 246 g/mol. The second-order valence-corrected chi connectivity index (χ2v) is 5.51. The van der Waals surface area contributed by atoms with E-state index in [1.165, 1.54) is 36.0 Å². The number of hydrogen-bond acceptors (Lipinski definition) is 2. The van der Waals surface area contributed by atoms with Crippen molar-refractivity contribution in [2.75, 3.05) is 6.54 Å². The van der Waals surface area contributed by atoms with Crippen molar-refractivity contribution >= 4 is 0 Å². The Labute approximate surface area is 120 Å². The van der Waals surface area contributed by atoms with Crippen molar-refractivity contribution < 1.29 is 5.11 Å². The lowest BCUT2D eigenvalue weighted by Crippen LogP contribution is -2.21. The molecule has 3 rings (SSSR count). The number of aryl methyl sites for hydroxylation is 2. The van der Waals surface area contributed by atoms with Gasteiger partial charge in [0.2, 0.25) is 0 Å². The van der Waals surface area contributed by atoms with Crippen LogP contribution in [-0.4, -0.2) is 11.7 Å². The van der Waals surface area contributed by atoms with Crippen LogP contribution in [0, 0.1) is 0 Å². The van der Waals surface area contributed by atoms with Gasteiger partial charge in [-0.3, -0.25) is 0 Å². The second-order valence-electron chi connectivity index (χ2n) is 5.51. The monoisotopic (exact) mass is 267 g/mol. The lowest BCUT2D eigenvalue weighted by molar-refractivity contribution is 0.174. The lowest BCUT2D eigenvalue weighted by atomic mass is 10.1. The van der Waals surface area contributed by atoms with Gasteiger partial charge in [0.25, 0.3) is 0 Å². The van der Waals surface area contributed by atoms with Gasteiger partial charge in [-0.15, -0.1) is 0 Å². The van der Waals surface area contributed by atoms with E-state index < -0.39 is 6.10 Å². The van der Waals surface area contributed by atoms with Crippen molar-refractivity contribution in [1.29, 1.82) is 0 Å². The van der Waals surface area contributed by atoms with E-state index in [0.717, 1.165) is 12.1 Å². The summed E-state index contributed by atoms with van der Waals surface area (Å²) in [6, 6.07) is 16.6. The van der Waals surface area contributed by atoms with Crippen LogP contribution in [0.2, 0.25) is 0 Å². The maximum atomic E-state index is 10.1. The zero-order valence-electron chi connectivity index (χ0n) is 11.7. The highest BCUT2D eigenvalue weighted by Gasteiger charge is 2.11. The molecule has 2 N–H and O–H groups in total. The molecule has 0 saturated carbocycles. The van der Waals surface area contributed by atoms with Crippen LogP contribution >= 0.6 is 0 Å². The molecule has 0 radical (unpaired) electrons. The molecule has 2 nitrogen and oxygen atoms in total. The Hall–Kier alpha value is -1.64. The first kappa shape index (κ1) is 13.3. The molecule has 104 valence electrons. The predicted molar refractivity (Wildman–Crippen MR) is 81.6 cm³/mol. The zero-order valence-corrected chi connectivity index (χ0v) is 11.7. The maximum absolute atomic E-state index is 10.1. The van der Waals surface area contributed by atoms with Crippen molar-refractivity contribution in [3.63, 3.8) is 0 Å². The summed E-state index contributed by atoms with van der Waals surface area (Å²) in [5.74, 6) is 0. The summed E-state index contributed by atoms with van der Waals surface area (Å²) in [6.45, 7) is 1.40. The molecule has 0 bridgehead atoms. The largest absolute Gasteiger partial charge is 0.387 e. The molecule has 0 aliphatic heterocycles. The maximum Gasteiger partial charge on any atom is 0.0914 e. The van der Waals surface area contributed by atoms with E-state index in [-0.39, 0.29) is 0 Å². The molecule has 0 aromatic heterocycles. The molecule has 0 saturated heterocycles. The highest BCUT2D eigenvalue weighted by molar-refractivity contribution is 5.35. The van der Waals surface area contributed by atoms with Crippen LogP contribution in [0.3, 0.4) is 0 Å². The summed E-state index contributed by atoms with van der Waals surface area (Å²) in [6.07, 6.45) is 3.30. The highest BCUT2D eigenvalue weighted by atomic mass is 16.3. The second kappa shape index (κ2) is 6.21. The molecule has 2 aromatic rings. The first-order valence-corrected chi connectivity index (χ1v) is 7.37. The molecule has 2 aromatic carbocycles. The van der Waals surface area contributed by atoms with Crippen molar-refractivity contribution in [2.24, 2.45) is 0 Å². The summed E-state index contributed by atoms with van der Waals surface area (Å²) in [5, 5.41) is 13.4. The Balaban J connectivity index is 1.53. The van der Waals surface area contributed by atoms with Crippen LogP contribution in [0.25, 0.3) is 0 Å². The Morgan fingerprint density at radius 3 is 2.65 bits per heavy atom. The SMILES string of the molecule is OC(CNCc1ccc2c(c1)CCC2)c1ccccc1. The molecule has 1 aliphatic rings. The number of benzene rings is 2. The number of nitrogens with one attached hydrogen (secondary N) is 1. The molecule has 1 aliphatic carbocycles. The average molecular weight is 267 g/mol. The van der Waals surface area contributed by atoms with Gasteiger partial charge in [-0.05, 0) is 41.5 Å². The molecule has 0 amide bonds. The van der Waals surface area contributed by atoms with Gasteiger partial charge in [-0.2, -0.15) is 0 Å². The molecule has 2 heteroatoms. The minimum Gasteiger partial charge on any atom is -0.387 e. The van der Waals surface area contributed by atoms with Gasteiger partial charge in [0.05, 0.1) is 6.10 Å². The number of aliphatic hydroxyl groups excluding tert-OH is 1. The molecular formula is C18H21NO. The quantitative estimate of drug-likeness (QED) is 0.873. The van der Waals surface area contributed by atoms with Crippen LogP contribution < -0.4 is 5.32 Å². The Kier molecular flexibility index (Phi) is 4.14. The third-order valence-electron chi connectivity index (χ3n) is 4.01. The summed E-state index contributed by atoms with van der Waals surface area (Å²) in [4.78, 5) is 0. The van der Waals surface area contributed by atoms with E-state index in [0.29, 0.717) is 6.54 Å². The van der Waals surface area contributed by atoms with E-state index in [4.69, 9.17) is 0 Å². The van der Waals surface area contributed by atoms with Crippen LogP contribution in [0.1, 0.15) is 34.8 Å².